The molecule has 0 amide bonds. The predicted molar refractivity (Wildman–Crippen MR) is 170 cm³/mol. The highest BCUT2D eigenvalue weighted by atomic mass is 15.2. The Labute approximate surface area is 240 Å². The molecule has 1 aliphatic rings. The molecule has 0 atom stereocenters. The van der Waals surface area contributed by atoms with Crippen molar-refractivity contribution in [2.45, 2.75) is 136 Å². The molecule has 0 unspecified atom stereocenters. The van der Waals surface area contributed by atoms with Gasteiger partial charge in [0, 0.05) is 23.3 Å². The number of allylic oxidation sites excluding steroid dienone is 2. The van der Waals surface area contributed by atoms with Gasteiger partial charge in [0.1, 0.15) is 0 Å². The molecule has 3 rings (SSSR count). The highest BCUT2D eigenvalue weighted by molar-refractivity contribution is 5.75. The van der Waals surface area contributed by atoms with Crippen LogP contribution in [-0.4, -0.2) is 4.70 Å². The van der Waals surface area contributed by atoms with Crippen LogP contribution < -0.4 is 0 Å². The molecule has 212 valence electrons. The van der Waals surface area contributed by atoms with E-state index >= 15 is 0 Å². The molecule has 0 spiro atoms. The molecule has 0 bridgehead atoms. The monoisotopic (exact) mass is 526 g/mol. The first-order valence-corrected chi connectivity index (χ1v) is 16.3. The van der Waals surface area contributed by atoms with Crippen molar-refractivity contribution < 1.29 is 4.70 Å². The van der Waals surface area contributed by atoms with Crippen molar-refractivity contribution >= 4 is 11.4 Å². The summed E-state index contributed by atoms with van der Waals surface area (Å²) in [4.78, 5) is 0. The normalized spacial score (nSPS) is 13.1. The molecule has 0 fully saturated rings. The minimum Gasteiger partial charge on any atom is -0.493 e. The summed E-state index contributed by atoms with van der Waals surface area (Å²) in [5.41, 5.74) is 17.7. The first kappa shape index (κ1) is 31.1. The van der Waals surface area contributed by atoms with E-state index in [0.29, 0.717) is 0 Å². The summed E-state index contributed by atoms with van der Waals surface area (Å²) in [5.74, 6) is 0. The molecule has 2 aromatic rings. The lowest BCUT2D eigenvalue weighted by molar-refractivity contribution is -0.344. The zero-order valence-corrected chi connectivity index (χ0v) is 25.1. The highest BCUT2D eigenvalue weighted by Gasteiger charge is 2.23. The molecule has 2 aromatic carbocycles. The van der Waals surface area contributed by atoms with Gasteiger partial charge in [-0.2, -0.15) is 0 Å². The van der Waals surface area contributed by atoms with Crippen molar-refractivity contribution in [3.63, 3.8) is 0 Å². The molecule has 1 heterocycles. The molecule has 0 N–H and O–H groups in total. The van der Waals surface area contributed by atoms with Crippen molar-refractivity contribution in [1.29, 1.82) is 0 Å². The summed E-state index contributed by atoms with van der Waals surface area (Å²) in [6.45, 7) is 4.55. The number of hydrogen-bond acceptors (Lipinski definition) is 0. The van der Waals surface area contributed by atoms with Gasteiger partial charge in [0.2, 0.25) is 11.4 Å². The van der Waals surface area contributed by atoms with E-state index in [1.54, 1.807) is 0 Å². The lowest BCUT2D eigenvalue weighted by Gasteiger charge is -2.11. The average Bonchev–Trinajstić information content (AvgIpc) is 3.35. The maximum atomic E-state index is 11.1. The van der Waals surface area contributed by atoms with Gasteiger partial charge >= 0.3 is 0 Å². The topological polar surface area (TPSA) is 25.3 Å². The average molecular weight is 527 g/mol. The Morgan fingerprint density at radius 1 is 0.487 bits per heavy atom. The second-order valence-electron chi connectivity index (χ2n) is 11.6. The van der Waals surface area contributed by atoms with Crippen LogP contribution in [0.4, 0.5) is 0 Å². The van der Waals surface area contributed by atoms with Gasteiger partial charge in [0.05, 0.1) is 0 Å². The Balaban J connectivity index is 1.40. The zero-order chi connectivity index (χ0) is 27.5. The minimum absolute atomic E-state index is 0.866. The van der Waals surface area contributed by atoms with Crippen LogP contribution in [-0.2, 0) is 12.8 Å². The fraction of sp³-hybridized carbons (Fsp3) is 0.568. The van der Waals surface area contributed by atoms with Crippen molar-refractivity contribution in [2.75, 3.05) is 0 Å². The SMILES string of the molecule is CCCCCCCCCCCCCc1cccc(C2=CC=C(c3cccc(CCCCCCCC)c3)[N+]2=[N-])c1. The van der Waals surface area contributed by atoms with E-state index in [1.807, 2.05) is 0 Å². The summed E-state index contributed by atoms with van der Waals surface area (Å²) in [5, 5.41) is 0. The molecular weight excluding hydrogens is 472 g/mol. The van der Waals surface area contributed by atoms with E-state index in [4.69, 9.17) is 0 Å². The summed E-state index contributed by atoms with van der Waals surface area (Å²) in [7, 11) is 0. The van der Waals surface area contributed by atoms with E-state index in [9.17, 15) is 5.53 Å². The second kappa shape index (κ2) is 18.7. The van der Waals surface area contributed by atoms with Crippen LogP contribution in [0.2, 0.25) is 0 Å². The van der Waals surface area contributed by atoms with E-state index in [1.165, 1.54) is 125 Å². The maximum Gasteiger partial charge on any atom is 0.207 e. The number of rotatable bonds is 21. The van der Waals surface area contributed by atoms with Gasteiger partial charge in [0.25, 0.3) is 0 Å². The minimum atomic E-state index is 0.866. The third-order valence-electron chi connectivity index (χ3n) is 8.19. The van der Waals surface area contributed by atoms with Crippen LogP contribution in [0.1, 0.15) is 145 Å². The molecule has 0 saturated carbocycles. The van der Waals surface area contributed by atoms with Crippen molar-refractivity contribution in [3.05, 3.63) is 88.5 Å². The van der Waals surface area contributed by atoms with E-state index in [0.717, 1.165) is 35.4 Å². The summed E-state index contributed by atoms with van der Waals surface area (Å²) >= 11 is 0. The summed E-state index contributed by atoms with van der Waals surface area (Å²) in [6.07, 6.45) is 29.4. The van der Waals surface area contributed by atoms with Crippen molar-refractivity contribution in [1.82, 2.24) is 0 Å². The van der Waals surface area contributed by atoms with Crippen LogP contribution in [0, 0.1) is 0 Å². The molecule has 0 aliphatic carbocycles. The number of unbranched alkanes of at least 4 members (excludes halogenated alkanes) is 15. The van der Waals surface area contributed by atoms with Gasteiger partial charge in [0.15, 0.2) is 0 Å². The standard InChI is InChI=1S/C37H54N2/c1-3-5-7-9-11-12-13-14-15-17-19-23-33-25-21-27-35(31-33)37-29-28-36(39(37)38)34-26-20-24-32(30-34)22-18-16-10-8-6-4-2/h20-21,24-31H,3-19,22-23H2,1-2H3. The fourth-order valence-corrected chi connectivity index (χ4v) is 5.74. The Morgan fingerprint density at radius 2 is 0.846 bits per heavy atom. The molecule has 2 nitrogen and oxygen atoms in total. The van der Waals surface area contributed by atoms with Crippen LogP contribution in [0.15, 0.2) is 60.7 Å². The highest BCUT2D eigenvalue weighted by Crippen LogP contribution is 2.31. The summed E-state index contributed by atoms with van der Waals surface area (Å²) in [6, 6.07) is 17.5. The molecule has 0 radical (unpaired) electrons. The van der Waals surface area contributed by atoms with Crippen LogP contribution in [0.25, 0.3) is 16.9 Å². The van der Waals surface area contributed by atoms with Gasteiger partial charge in [-0.15, -0.1) is 0 Å². The predicted octanol–water partition coefficient (Wildman–Crippen LogP) is 11.9. The third-order valence-corrected chi connectivity index (χ3v) is 8.19. The third kappa shape index (κ3) is 11.3. The first-order valence-electron chi connectivity index (χ1n) is 16.3. The molecule has 39 heavy (non-hydrogen) atoms. The maximum absolute atomic E-state index is 11.1. The van der Waals surface area contributed by atoms with E-state index in [2.05, 4.69) is 74.5 Å². The molecule has 2 heteroatoms. The van der Waals surface area contributed by atoms with Crippen LogP contribution >= 0.6 is 0 Å². The molecule has 1 aliphatic heterocycles. The Morgan fingerprint density at radius 3 is 1.23 bits per heavy atom. The molecule has 0 saturated heterocycles. The van der Waals surface area contributed by atoms with Crippen LogP contribution in [0.3, 0.4) is 0 Å². The fourth-order valence-electron chi connectivity index (χ4n) is 5.74. The van der Waals surface area contributed by atoms with Gasteiger partial charge in [-0.3, -0.25) is 0 Å². The first-order chi connectivity index (χ1) is 19.2. The molecular formula is C37H54N2. The number of benzene rings is 2. The van der Waals surface area contributed by atoms with Gasteiger partial charge in [-0.05, 0) is 61.1 Å². The molecule has 0 aromatic heterocycles. The lowest BCUT2D eigenvalue weighted by Crippen LogP contribution is -2.02. The van der Waals surface area contributed by atoms with Crippen molar-refractivity contribution in [3.8, 4) is 0 Å². The van der Waals surface area contributed by atoms with Crippen molar-refractivity contribution in [2.24, 2.45) is 0 Å². The van der Waals surface area contributed by atoms with Gasteiger partial charge in [-0.1, -0.05) is 134 Å². The number of nitrogens with zero attached hydrogens (tertiary/aromatic N) is 2. The Hall–Kier alpha value is -2.48. The second-order valence-corrected chi connectivity index (χ2v) is 11.6. The van der Waals surface area contributed by atoms with E-state index in [-0.39, 0.29) is 0 Å². The van der Waals surface area contributed by atoms with Crippen LogP contribution in [0.5, 0.6) is 0 Å². The largest absolute Gasteiger partial charge is 0.493 e. The van der Waals surface area contributed by atoms with Gasteiger partial charge in [-0.25, -0.2) is 4.70 Å². The quantitative estimate of drug-likeness (QED) is 0.114. The van der Waals surface area contributed by atoms with E-state index < -0.39 is 0 Å². The summed E-state index contributed by atoms with van der Waals surface area (Å²) < 4.78 is 1.38. The Kier molecular flexibility index (Phi) is 14.9. The number of hydrogen-bond donors (Lipinski definition) is 0. The Bertz CT molecular complexity index is 1040. The number of aryl methyl sites for hydroxylation is 2. The zero-order valence-electron chi connectivity index (χ0n) is 25.1. The lowest BCUT2D eigenvalue weighted by atomic mass is 10.0. The smallest absolute Gasteiger partial charge is 0.207 e. The van der Waals surface area contributed by atoms with Gasteiger partial charge < -0.3 is 5.53 Å².